The van der Waals surface area contributed by atoms with Gasteiger partial charge in [0.25, 0.3) is 5.56 Å². The molecule has 1 heterocycles. The molecule has 1 aromatic heterocycles. The van der Waals surface area contributed by atoms with E-state index in [0.717, 1.165) is 6.20 Å². The van der Waals surface area contributed by atoms with Crippen LogP contribution in [0.5, 0.6) is 0 Å². The fraction of sp³-hybridized carbons (Fsp3) is 0.500. The molecule has 0 radical (unpaired) electrons. The van der Waals surface area contributed by atoms with Crippen molar-refractivity contribution in [3.8, 4) is 0 Å². The second-order valence-corrected chi connectivity index (χ2v) is 5.43. The van der Waals surface area contributed by atoms with Crippen molar-refractivity contribution in [3.05, 3.63) is 27.0 Å². The molecule has 18 heavy (non-hydrogen) atoms. The minimum atomic E-state index is -4.09. The molecule has 0 aliphatic carbocycles. The average Bonchev–Trinajstić information content (AvgIpc) is 2.25. The number of aromatic amines is 2. The first-order chi connectivity index (χ1) is 8.24. The number of hydrogen-bond acceptors (Lipinski definition) is 6. The molecule has 1 rings (SSSR count). The molecular formula is C8H14N4O5S. The number of hydrogen-bond donors (Lipinski definition) is 5. The van der Waals surface area contributed by atoms with Gasteiger partial charge in [0.15, 0.2) is 4.90 Å². The van der Waals surface area contributed by atoms with Gasteiger partial charge in [-0.05, 0) is 6.92 Å². The summed E-state index contributed by atoms with van der Waals surface area (Å²) in [5.74, 6) is 0. The van der Waals surface area contributed by atoms with Crippen LogP contribution >= 0.6 is 0 Å². The standard InChI is InChI=1S/C8H14N4O5S/c1-4(13)5(9)2-11-18(16,17)6-3-10-8(15)12-7(6)14/h3-5,11,13H,2,9H2,1H3,(H2,10,12,14,15). The van der Waals surface area contributed by atoms with Gasteiger partial charge < -0.3 is 15.8 Å². The Morgan fingerprint density at radius 2 is 2.11 bits per heavy atom. The second-order valence-electron chi connectivity index (χ2n) is 3.69. The first kappa shape index (κ1) is 14.6. The van der Waals surface area contributed by atoms with E-state index < -0.39 is 38.3 Å². The first-order valence-electron chi connectivity index (χ1n) is 4.99. The average molecular weight is 278 g/mol. The van der Waals surface area contributed by atoms with Gasteiger partial charge in [-0.15, -0.1) is 0 Å². The number of H-pyrrole nitrogens is 2. The van der Waals surface area contributed by atoms with E-state index in [0.29, 0.717) is 0 Å². The molecule has 10 heteroatoms. The predicted molar refractivity (Wildman–Crippen MR) is 62.5 cm³/mol. The third-order valence-corrected chi connectivity index (χ3v) is 3.63. The van der Waals surface area contributed by atoms with Crippen LogP contribution in [0.2, 0.25) is 0 Å². The largest absolute Gasteiger partial charge is 0.392 e. The number of aliphatic hydroxyl groups excluding tert-OH is 1. The number of rotatable bonds is 5. The summed E-state index contributed by atoms with van der Waals surface area (Å²) in [7, 11) is -4.09. The van der Waals surface area contributed by atoms with Crippen LogP contribution in [0.15, 0.2) is 20.7 Å². The Morgan fingerprint density at radius 1 is 1.50 bits per heavy atom. The Bertz CT molecular complexity index is 617. The van der Waals surface area contributed by atoms with E-state index in [4.69, 9.17) is 10.8 Å². The maximum atomic E-state index is 11.7. The molecule has 0 fully saturated rings. The van der Waals surface area contributed by atoms with Gasteiger partial charge in [0.2, 0.25) is 10.0 Å². The van der Waals surface area contributed by atoms with E-state index in [2.05, 4.69) is 4.72 Å². The zero-order chi connectivity index (χ0) is 13.9. The lowest BCUT2D eigenvalue weighted by Crippen LogP contribution is -2.44. The summed E-state index contributed by atoms with van der Waals surface area (Å²) >= 11 is 0. The number of nitrogens with one attached hydrogen (secondary N) is 3. The van der Waals surface area contributed by atoms with Crippen LogP contribution < -0.4 is 21.7 Å². The molecule has 102 valence electrons. The van der Waals surface area contributed by atoms with Crippen molar-refractivity contribution in [3.63, 3.8) is 0 Å². The van der Waals surface area contributed by atoms with Gasteiger partial charge in [-0.2, -0.15) is 0 Å². The van der Waals surface area contributed by atoms with Crippen LogP contribution in [0.25, 0.3) is 0 Å². The third kappa shape index (κ3) is 3.50. The minimum absolute atomic E-state index is 0.238. The normalized spacial score (nSPS) is 15.3. The first-order valence-corrected chi connectivity index (χ1v) is 6.47. The lowest BCUT2D eigenvalue weighted by atomic mass is 10.2. The van der Waals surface area contributed by atoms with Gasteiger partial charge in [0.05, 0.1) is 6.10 Å². The van der Waals surface area contributed by atoms with Crippen molar-refractivity contribution < 1.29 is 13.5 Å². The highest BCUT2D eigenvalue weighted by atomic mass is 32.2. The maximum Gasteiger partial charge on any atom is 0.325 e. The maximum absolute atomic E-state index is 11.7. The van der Waals surface area contributed by atoms with E-state index >= 15 is 0 Å². The highest BCUT2D eigenvalue weighted by Gasteiger charge is 2.20. The monoisotopic (exact) mass is 278 g/mol. The van der Waals surface area contributed by atoms with Crippen LogP contribution in [0.4, 0.5) is 0 Å². The molecule has 9 nitrogen and oxygen atoms in total. The van der Waals surface area contributed by atoms with Gasteiger partial charge in [-0.3, -0.25) is 9.78 Å². The highest BCUT2D eigenvalue weighted by molar-refractivity contribution is 7.89. The van der Waals surface area contributed by atoms with Crippen molar-refractivity contribution in [2.75, 3.05) is 6.54 Å². The van der Waals surface area contributed by atoms with Gasteiger partial charge in [-0.25, -0.2) is 17.9 Å². The zero-order valence-corrected chi connectivity index (χ0v) is 10.3. The van der Waals surface area contributed by atoms with Gasteiger partial charge in [-0.1, -0.05) is 0 Å². The number of aromatic nitrogens is 2. The van der Waals surface area contributed by atoms with Crippen LogP contribution in [0.1, 0.15) is 6.92 Å². The molecule has 2 atom stereocenters. The summed E-state index contributed by atoms with van der Waals surface area (Å²) in [6.07, 6.45) is -0.112. The quantitative estimate of drug-likeness (QED) is 0.387. The lowest BCUT2D eigenvalue weighted by molar-refractivity contribution is 0.164. The van der Waals surface area contributed by atoms with Crippen LogP contribution in [0, 0.1) is 0 Å². The lowest BCUT2D eigenvalue weighted by Gasteiger charge is -2.14. The van der Waals surface area contributed by atoms with Crippen molar-refractivity contribution in [2.45, 2.75) is 24.0 Å². The Hall–Kier alpha value is -1.49. The molecule has 0 aliphatic heterocycles. The van der Waals surface area contributed by atoms with E-state index in [1.54, 1.807) is 4.98 Å². The SMILES string of the molecule is CC(O)C(N)CNS(=O)(=O)c1c[nH]c(=O)[nH]c1=O. The van der Waals surface area contributed by atoms with E-state index in [9.17, 15) is 18.0 Å². The summed E-state index contributed by atoms with van der Waals surface area (Å²) in [5, 5.41) is 9.10. The number of sulfonamides is 1. The fourth-order valence-corrected chi connectivity index (χ4v) is 2.13. The van der Waals surface area contributed by atoms with Gasteiger partial charge in [0, 0.05) is 18.8 Å². The van der Waals surface area contributed by atoms with Crippen LogP contribution in [-0.4, -0.2) is 42.2 Å². The molecule has 0 bridgehead atoms. The summed E-state index contributed by atoms with van der Waals surface area (Å²) < 4.78 is 25.5. The predicted octanol–water partition coefficient (Wildman–Crippen LogP) is -2.95. The molecule has 0 spiro atoms. The molecule has 1 aromatic rings. The zero-order valence-electron chi connectivity index (χ0n) is 9.50. The van der Waals surface area contributed by atoms with Crippen molar-refractivity contribution in [1.82, 2.24) is 14.7 Å². The van der Waals surface area contributed by atoms with Crippen molar-refractivity contribution in [2.24, 2.45) is 5.73 Å². The summed E-state index contributed by atoms with van der Waals surface area (Å²) in [4.78, 5) is 25.2. The summed E-state index contributed by atoms with van der Waals surface area (Å²) in [5.41, 5.74) is 3.61. The second kappa shape index (κ2) is 5.44. The van der Waals surface area contributed by atoms with Crippen LogP contribution in [-0.2, 0) is 10.0 Å². The Labute approximate surface area is 102 Å². The third-order valence-electron chi connectivity index (χ3n) is 2.20. The van der Waals surface area contributed by atoms with E-state index in [1.165, 1.54) is 6.92 Å². The van der Waals surface area contributed by atoms with Gasteiger partial charge >= 0.3 is 5.69 Å². The highest BCUT2D eigenvalue weighted by Crippen LogP contribution is 1.98. The molecule has 0 saturated carbocycles. The molecule has 2 unspecified atom stereocenters. The molecular weight excluding hydrogens is 264 g/mol. The topological polar surface area (TPSA) is 158 Å². The van der Waals surface area contributed by atoms with Crippen molar-refractivity contribution in [1.29, 1.82) is 0 Å². The molecule has 0 aromatic carbocycles. The van der Waals surface area contributed by atoms with Gasteiger partial charge in [0.1, 0.15) is 0 Å². The van der Waals surface area contributed by atoms with Crippen molar-refractivity contribution >= 4 is 10.0 Å². The smallest absolute Gasteiger partial charge is 0.325 e. The van der Waals surface area contributed by atoms with Crippen LogP contribution in [0.3, 0.4) is 0 Å². The minimum Gasteiger partial charge on any atom is -0.392 e. The molecule has 0 aliphatic rings. The Kier molecular flexibility index (Phi) is 4.40. The van der Waals surface area contributed by atoms with E-state index in [1.807, 2.05) is 4.98 Å². The Morgan fingerprint density at radius 3 is 2.61 bits per heavy atom. The molecule has 0 amide bonds. The molecule has 0 saturated heterocycles. The number of aliphatic hydroxyl groups is 1. The summed E-state index contributed by atoms with van der Waals surface area (Å²) in [6, 6.07) is -0.804. The molecule has 6 N–H and O–H groups in total. The van der Waals surface area contributed by atoms with E-state index in [-0.39, 0.29) is 6.54 Å². The number of nitrogens with two attached hydrogens (primary N) is 1. The Balaban J connectivity index is 2.94. The fourth-order valence-electron chi connectivity index (χ4n) is 1.05. The summed E-state index contributed by atoms with van der Waals surface area (Å²) in [6.45, 7) is 1.17.